The summed E-state index contributed by atoms with van der Waals surface area (Å²) < 4.78 is 22.1. The summed E-state index contributed by atoms with van der Waals surface area (Å²) in [5, 5.41) is 2.59. The number of nitrogens with zero attached hydrogens (tertiary/aromatic N) is 5. The number of fused-ring (bicyclic) bond motifs is 1. The molecule has 1 atom stereocenters. The minimum atomic E-state index is -0.700. The van der Waals surface area contributed by atoms with E-state index >= 15 is 4.39 Å². The van der Waals surface area contributed by atoms with E-state index in [1.54, 1.807) is 43.8 Å². The Bertz CT molecular complexity index is 1470. The highest BCUT2D eigenvalue weighted by molar-refractivity contribution is 6.04. The van der Waals surface area contributed by atoms with E-state index in [0.717, 1.165) is 18.7 Å². The van der Waals surface area contributed by atoms with Crippen molar-refractivity contribution in [2.24, 2.45) is 0 Å². The van der Waals surface area contributed by atoms with Crippen LogP contribution in [-0.2, 0) is 9.53 Å². The van der Waals surface area contributed by atoms with Gasteiger partial charge in [-0.05, 0) is 37.1 Å². The molecule has 0 saturated carbocycles. The van der Waals surface area contributed by atoms with Gasteiger partial charge in [0, 0.05) is 50.3 Å². The third-order valence-electron chi connectivity index (χ3n) is 6.66. The first-order chi connectivity index (χ1) is 18.5. The van der Waals surface area contributed by atoms with Crippen molar-refractivity contribution in [1.29, 1.82) is 0 Å². The Balaban J connectivity index is 1.46. The molecule has 0 radical (unpaired) electrons. The Kier molecular flexibility index (Phi) is 7.27. The average Bonchev–Trinajstić information content (AvgIpc) is 3.33. The predicted molar refractivity (Wildman–Crippen MR) is 140 cm³/mol. The van der Waals surface area contributed by atoms with Crippen molar-refractivity contribution in [3.05, 3.63) is 72.2 Å². The van der Waals surface area contributed by atoms with E-state index in [1.807, 2.05) is 9.30 Å². The van der Waals surface area contributed by atoms with Gasteiger partial charge in [0.25, 0.3) is 5.91 Å². The van der Waals surface area contributed by atoms with Gasteiger partial charge in [-0.15, -0.1) is 0 Å². The van der Waals surface area contributed by atoms with Crippen molar-refractivity contribution in [1.82, 2.24) is 24.3 Å². The second kappa shape index (κ2) is 10.9. The number of imidazole rings is 1. The summed E-state index contributed by atoms with van der Waals surface area (Å²) in [6.07, 6.45) is 6.91. The van der Waals surface area contributed by atoms with Crippen molar-refractivity contribution < 1.29 is 18.7 Å². The number of methoxy groups -OCH3 is 1. The van der Waals surface area contributed by atoms with Crippen LogP contribution in [0, 0.1) is 5.82 Å². The molecule has 10 nitrogen and oxygen atoms in total. The van der Waals surface area contributed by atoms with Gasteiger partial charge < -0.3 is 20.7 Å². The SMILES string of the molecule is COCCC(=O)N1CCC[C@@H](c2nc(-c3ccc(C(=O)Nc4ccccn4)c(F)c3)c3c(N)nccn23)C1. The number of amides is 2. The zero-order valence-corrected chi connectivity index (χ0v) is 20.9. The van der Waals surface area contributed by atoms with Gasteiger partial charge in [-0.2, -0.15) is 0 Å². The van der Waals surface area contributed by atoms with Crippen LogP contribution in [-0.4, -0.2) is 62.9 Å². The molecule has 5 rings (SSSR count). The molecule has 1 fully saturated rings. The molecule has 4 aromatic rings. The number of aromatic nitrogens is 4. The zero-order valence-electron chi connectivity index (χ0n) is 20.9. The molecular weight excluding hydrogens is 489 g/mol. The van der Waals surface area contributed by atoms with Crippen LogP contribution in [0.1, 0.15) is 41.4 Å². The summed E-state index contributed by atoms with van der Waals surface area (Å²) in [5.74, 6) is 0.00502. The highest BCUT2D eigenvalue weighted by atomic mass is 19.1. The van der Waals surface area contributed by atoms with E-state index in [2.05, 4.69) is 15.3 Å². The first-order valence-electron chi connectivity index (χ1n) is 12.4. The number of nitrogens with two attached hydrogens (primary N) is 1. The van der Waals surface area contributed by atoms with Crippen LogP contribution in [0.4, 0.5) is 16.0 Å². The Morgan fingerprint density at radius 2 is 2.08 bits per heavy atom. The van der Waals surface area contributed by atoms with Crippen LogP contribution in [0.5, 0.6) is 0 Å². The molecule has 1 aliphatic heterocycles. The van der Waals surface area contributed by atoms with Gasteiger partial charge in [-0.25, -0.2) is 19.3 Å². The highest BCUT2D eigenvalue weighted by Gasteiger charge is 2.29. The lowest BCUT2D eigenvalue weighted by molar-refractivity contribution is -0.133. The molecule has 4 heterocycles. The van der Waals surface area contributed by atoms with E-state index in [4.69, 9.17) is 15.5 Å². The number of nitrogen functional groups attached to an aromatic ring is 1. The molecule has 11 heteroatoms. The normalized spacial score (nSPS) is 15.5. The van der Waals surface area contributed by atoms with E-state index in [-0.39, 0.29) is 23.2 Å². The molecule has 0 unspecified atom stereocenters. The lowest BCUT2D eigenvalue weighted by atomic mass is 9.97. The number of carbonyl (C=O) groups excluding carboxylic acids is 2. The number of rotatable bonds is 7. The number of benzene rings is 1. The Labute approximate surface area is 218 Å². The lowest BCUT2D eigenvalue weighted by Crippen LogP contribution is -2.39. The summed E-state index contributed by atoms with van der Waals surface area (Å²) in [6.45, 7) is 1.58. The number of likely N-dealkylation sites (tertiary alicyclic amines) is 1. The number of hydrogen-bond acceptors (Lipinski definition) is 7. The minimum Gasteiger partial charge on any atom is -0.384 e. The molecule has 38 heavy (non-hydrogen) atoms. The van der Waals surface area contributed by atoms with Crippen molar-refractivity contribution >= 4 is 29.0 Å². The number of hydrogen-bond donors (Lipinski definition) is 2. The fourth-order valence-electron chi connectivity index (χ4n) is 4.81. The summed E-state index contributed by atoms with van der Waals surface area (Å²) in [7, 11) is 1.57. The highest BCUT2D eigenvalue weighted by Crippen LogP contribution is 2.34. The van der Waals surface area contributed by atoms with Crippen LogP contribution < -0.4 is 11.1 Å². The van der Waals surface area contributed by atoms with Gasteiger partial charge in [-0.3, -0.25) is 14.0 Å². The van der Waals surface area contributed by atoms with Crippen molar-refractivity contribution in [2.75, 3.05) is 37.9 Å². The van der Waals surface area contributed by atoms with Crippen LogP contribution in [0.25, 0.3) is 16.8 Å². The molecule has 1 aliphatic rings. The van der Waals surface area contributed by atoms with E-state index in [1.165, 1.54) is 18.3 Å². The smallest absolute Gasteiger partial charge is 0.259 e. The Morgan fingerprint density at radius 3 is 2.84 bits per heavy atom. The number of halogens is 1. The standard InChI is InChI=1S/C27H28FN7O3/c1-38-14-9-22(36)34-12-4-5-18(16-34)26-33-23(24-25(29)31-11-13-35(24)26)17-7-8-19(20(28)15-17)27(37)32-21-6-2-3-10-30-21/h2-3,6-8,10-11,13,15,18H,4-5,9,12,14,16H2,1H3,(H2,29,31)(H,30,32,37)/t18-/m1/s1. The van der Waals surface area contributed by atoms with E-state index in [9.17, 15) is 9.59 Å². The molecule has 3 aromatic heterocycles. The molecule has 2 amide bonds. The number of piperidine rings is 1. The van der Waals surface area contributed by atoms with Gasteiger partial charge in [0.1, 0.15) is 34.5 Å². The fraction of sp³-hybridized carbons (Fsp3) is 0.296. The van der Waals surface area contributed by atoms with E-state index in [0.29, 0.717) is 48.7 Å². The maximum absolute atomic E-state index is 15.2. The molecule has 0 bridgehead atoms. The number of nitrogens with one attached hydrogen (secondary N) is 1. The molecular formula is C27H28FN7O3. The maximum atomic E-state index is 15.2. The van der Waals surface area contributed by atoms with Crippen LogP contribution in [0.15, 0.2) is 55.0 Å². The minimum absolute atomic E-state index is 0.0356. The van der Waals surface area contributed by atoms with Gasteiger partial charge in [0.2, 0.25) is 5.91 Å². The second-order valence-corrected chi connectivity index (χ2v) is 9.14. The second-order valence-electron chi connectivity index (χ2n) is 9.14. The molecule has 1 saturated heterocycles. The van der Waals surface area contributed by atoms with Crippen molar-refractivity contribution in [2.45, 2.75) is 25.2 Å². The third-order valence-corrected chi connectivity index (χ3v) is 6.66. The summed E-state index contributed by atoms with van der Waals surface area (Å²) >= 11 is 0. The van der Waals surface area contributed by atoms with Crippen LogP contribution >= 0.6 is 0 Å². The number of anilines is 2. The fourth-order valence-corrected chi connectivity index (χ4v) is 4.81. The molecule has 196 valence electrons. The van der Waals surface area contributed by atoms with Crippen molar-refractivity contribution in [3.63, 3.8) is 0 Å². The summed E-state index contributed by atoms with van der Waals surface area (Å²) in [4.78, 5) is 40.2. The zero-order chi connectivity index (χ0) is 26.6. The first kappa shape index (κ1) is 25.3. The average molecular weight is 518 g/mol. The summed E-state index contributed by atoms with van der Waals surface area (Å²) in [5.41, 5.74) is 7.61. The molecule has 1 aromatic carbocycles. The van der Waals surface area contributed by atoms with Gasteiger partial charge in [-0.1, -0.05) is 12.1 Å². The van der Waals surface area contributed by atoms with E-state index < -0.39 is 11.7 Å². The summed E-state index contributed by atoms with van der Waals surface area (Å²) in [6, 6.07) is 9.39. The van der Waals surface area contributed by atoms with Gasteiger partial charge in [0.05, 0.1) is 18.6 Å². The first-order valence-corrected chi connectivity index (χ1v) is 12.4. The van der Waals surface area contributed by atoms with Crippen molar-refractivity contribution in [3.8, 4) is 11.3 Å². The number of ether oxygens (including phenoxy) is 1. The quantitative estimate of drug-likeness (QED) is 0.384. The third kappa shape index (κ3) is 5.05. The Hall–Kier alpha value is -4.38. The largest absolute Gasteiger partial charge is 0.384 e. The Morgan fingerprint density at radius 1 is 1.21 bits per heavy atom. The molecule has 0 spiro atoms. The molecule has 0 aliphatic carbocycles. The number of pyridine rings is 1. The number of carbonyl (C=O) groups is 2. The van der Waals surface area contributed by atoms with Crippen LogP contribution in [0.2, 0.25) is 0 Å². The van der Waals surface area contributed by atoms with Crippen LogP contribution in [0.3, 0.4) is 0 Å². The lowest BCUT2D eigenvalue weighted by Gasteiger charge is -2.32. The predicted octanol–water partition coefficient (Wildman–Crippen LogP) is 3.51. The van der Waals surface area contributed by atoms with Gasteiger partial charge in [0.15, 0.2) is 0 Å². The topological polar surface area (TPSA) is 128 Å². The maximum Gasteiger partial charge on any atom is 0.259 e. The monoisotopic (exact) mass is 517 g/mol. The van der Waals surface area contributed by atoms with Gasteiger partial charge >= 0.3 is 0 Å². The molecule has 3 N–H and O–H groups in total.